The molecule has 0 aliphatic carbocycles. The molecule has 3 aromatic rings. The highest BCUT2D eigenvalue weighted by atomic mass is 15.2. The zero-order valence-electron chi connectivity index (χ0n) is 13.9. The molecular formula is C22H22N2. The highest BCUT2D eigenvalue weighted by Gasteiger charge is 2.14. The van der Waals surface area contributed by atoms with E-state index < -0.39 is 0 Å². The monoisotopic (exact) mass is 314 g/mol. The molecule has 1 saturated heterocycles. The van der Waals surface area contributed by atoms with Gasteiger partial charge in [-0.2, -0.15) is 0 Å². The van der Waals surface area contributed by atoms with Crippen molar-refractivity contribution in [3.63, 3.8) is 0 Å². The summed E-state index contributed by atoms with van der Waals surface area (Å²) >= 11 is 0. The van der Waals surface area contributed by atoms with Crippen molar-refractivity contribution >= 4 is 28.7 Å². The molecule has 120 valence electrons. The Balaban J connectivity index is 1.68. The van der Waals surface area contributed by atoms with E-state index in [1.165, 1.54) is 41.2 Å². The predicted octanol–water partition coefficient (Wildman–Crippen LogP) is 5.40. The molecular weight excluding hydrogens is 292 g/mol. The molecule has 2 heteroatoms. The third-order valence-electron chi connectivity index (χ3n) is 4.74. The van der Waals surface area contributed by atoms with Gasteiger partial charge in [0.25, 0.3) is 0 Å². The average Bonchev–Trinajstić information content (AvgIpc) is 2.67. The second kappa shape index (κ2) is 6.88. The summed E-state index contributed by atoms with van der Waals surface area (Å²) in [6, 6.07) is 19.2. The molecule has 0 unspecified atom stereocenters. The summed E-state index contributed by atoms with van der Waals surface area (Å²) in [5, 5.41) is 2.57. The standard InChI is InChI=1S/C22H22N2/c1-4-16-24(17-5-1)22-20(11-7-15-23-22)14-13-19-10-6-9-18-8-2-3-12-21(18)19/h2-3,6-15H,1,4-5,16-17H2. The molecule has 0 atom stereocenters. The van der Waals surface area contributed by atoms with Crippen LogP contribution in [0, 0.1) is 0 Å². The van der Waals surface area contributed by atoms with Gasteiger partial charge >= 0.3 is 0 Å². The Morgan fingerprint density at radius 2 is 1.50 bits per heavy atom. The van der Waals surface area contributed by atoms with E-state index in [9.17, 15) is 0 Å². The Kier molecular flexibility index (Phi) is 4.28. The largest absolute Gasteiger partial charge is 0.356 e. The minimum absolute atomic E-state index is 1.12. The number of pyridine rings is 1. The first-order chi connectivity index (χ1) is 11.9. The fourth-order valence-corrected chi connectivity index (χ4v) is 3.48. The zero-order valence-corrected chi connectivity index (χ0v) is 13.9. The molecule has 2 aromatic carbocycles. The number of hydrogen-bond donors (Lipinski definition) is 0. The number of fused-ring (bicyclic) bond motifs is 1. The van der Waals surface area contributed by atoms with Crippen LogP contribution in [0.5, 0.6) is 0 Å². The third kappa shape index (κ3) is 3.05. The number of anilines is 1. The van der Waals surface area contributed by atoms with Crippen molar-refractivity contribution in [1.82, 2.24) is 4.98 Å². The summed E-state index contributed by atoms with van der Waals surface area (Å²) in [5.74, 6) is 1.12. The van der Waals surface area contributed by atoms with E-state index in [4.69, 9.17) is 0 Å². The molecule has 0 spiro atoms. The van der Waals surface area contributed by atoms with E-state index in [0.29, 0.717) is 0 Å². The highest BCUT2D eigenvalue weighted by molar-refractivity contribution is 5.93. The zero-order chi connectivity index (χ0) is 16.2. The van der Waals surface area contributed by atoms with Crippen LogP contribution in [0.3, 0.4) is 0 Å². The maximum atomic E-state index is 4.65. The lowest BCUT2D eigenvalue weighted by Crippen LogP contribution is -2.30. The topological polar surface area (TPSA) is 16.1 Å². The van der Waals surface area contributed by atoms with Crippen LogP contribution in [0.15, 0.2) is 60.8 Å². The van der Waals surface area contributed by atoms with Crippen LogP contribution < -0.4 is 4.90 Å². The maximum absolute atomic E-state index is 4.65. The molecule has 1 fully saturated rings. The van der Waals surface area contributed by atoms with Gasteiger partial charge in [0.2, 0.25) is 0 Å². The van der Waals surface area contributed by atoms with E-state index in [-0.39, 0.29) is 0 Å². The predicted molar refractivity (Wildman–Crippen MR) is 103 cm³/mol. The first-order valence-corrected chi connectivity index (χ1v) is 8.78. The van der Waals surface area contributed by atoms with Gasteiger partial charge in [0, 0.05) is 24.8 Å². The maximum Gasteiger partial charge on any atom is 0.135 e. The summed E-state index contributed by atoms with van der Waals surface area (Å²) < 4.78 is 0. The van der Waals surface area contributed by atoms with E-state index in [1.54, 1.807) is 0 Å². The Labute approximate surface area is 143 Å². The number of rotatable bonds is 3. The van der Waals surface area contributed by atoms with Crippen LogP contribution in [0.25, 0.3) is 22.9 Å². The molecule has 0 N–H and O–H groups in total. The minimum Gasteiger partial charge on any atom is -0.356 e. The molecule has 0 saturated carbocycles. The van der Waals surface area contributed by atoms with Crippen molar-refractivity contribution in [3.8, 4) is 0 Å². The van der Waals surface area contributed by atoms with Crippen molar-refractivity contribution in [1.29, 1.82) is 0 Å². The lowest BCUT2D eigenvalue weighted by Gasteiger charge is -2.28. The van der Waals surface area contributed by atoms with Crippen molar-refractivity contribution < 1.29 is 0 Å². The summed E-state index contributed by atoms with van der Waals surface area (Å²) in [6.07, 6.45) is 10.2. The van der Waals surface area contributed by atoms with Gasteiger partial charge in [0.15, 0.2) is 0 Å². The van der Waals surface area contributed by atoms with Gasteiger partial charge in [-0.25, -0.2) is 4.98 Å². The second-order valence-corrected chi connectivity index (χ2v) is 6.37. The average molecular weight is 314 g/mol. The lowest BCUT2D eigenvalue weighted by atomic mass is 10.0. The normalized spacial score (nSPS) is 15.2. The first-order valence-electron chi connectivity index (χ1n) is 8.78. The van der Waals surface area contributed by atoms with E-state index in [0.717, 1.165) is 18.9 Å². The van der Waals surface area contributed by atoms with Gasteiger partial charge in [-0.1, -0.05) is 54.6 Å². The molecule has 24 heavy (non-hydrogen) atoms. The van der Waals surface area contributed by atoms with Gasteiger partial charge in [0.1, 0.15) is 5.82 Å². The van der Waals surface area contributed by atoms with E-state index in [1.807, 2.05) is 12.3 Å². The molecule has 0 bridgehead atoms. The van der Waals surface area contributed by atoms with Gasteiger partial charge in [-0.15, -0.1) is 0 Å². The lowest BCUT2D eigenvalue weighted by molar-refractivity contribution is 0.573. The summed E-state index contributed by atoms with van der Waals surface area (Å²) in [7, 11) is 0. The molecule has 1 aliphatic heterocycles. The minimum atomic E-state index is 1.12. The molecule has 1 aromatic heterocycles. The van der Waals surface area contributed by atoms with E-state index >= 15 is 0 Å². The first kappa shape index (κ1) is 14.9. The number of nitrogens with zero attached hydrogens (tertiary/aromatic N) is 2. The van der Waals surface area contributed by atoms with Crippen LogP contribution >= 0.6 is 0 Å². The highest BCUT2D eigenvalue weighted by Crippen LogP contribution is 2.25. The van der Waals surface area contributed by atoms with Crippen LogP contribution in [0.2, 0.25) is 0 Å². The van der Waals surface area contributed by atoms with Crippen LogP contribution in [0.4, 0.5) is 5.82 Å². The molecule has 0 amide bonds. The Bertz CT molecular complexity index is 855. The fourth-order valence-electron chi connectivity index (χ4n) is 3.48. The Morgan fingerprint density at radius 3 is 2.42 bits per heavy atom. The Morgan fingerprint density at radius 1 is 0.750 bits per heavy atom. The number of hydrogen-bond acceptors (Lipinski definition) is 2. The van der Waals surface area contributed by atoms with Crippen molar-refractivity contribution in [2.24, 2.45) is 0 Å². The Hall–Kier alpha value is -2.61. The van der Waals surface area contributed by atoms with Gasteiger partial charge in [-0.3, -0.25) is 0 Å². The number of benzene rings is 2. The van der Waals surface area contributed by atoms with E-state index in [2.05, 4.69) is 70.6 Å². The summed E-state index contributed by atoms with van der Waals surface area (Å²) in [5.41, 5.74) is 2.45. The van der Waals surface area contributed by atoms with Crippen LogP contribution in [0.1, 0.15) is 30.4 Å². The van der Waals surface area contributed by atoms with Crippen LogP contribution in [-0.4, -0.2) is 18.1 Å². The number of piperidine rings is 1. The second-order valence-electron chi connectivity index (χ2n) is 6.37. The van der Waals surface area contributed by atoms with Crippen molar-refractivity contribution in [2.75, 3.05) is 18.0 Å². The third-order valence-corrected chi connectivity index (χ3v) is 4.74. The smallest absolute Gasteiger partial charge is 0.135 e. The van der Waals surface area contributed by atoms with Gasteiger partial charge in [0.05, 0.1) is 0 Å². The summed E-state index contributed by atoms with van der Waals surface area (Å²) in [4.78, 5) is 7.07. The van der Waals surface area contributed by atoms with Crippen LogP contribution in [-0.2, 0) is 0 Å². The van der Waals surface area contributed by atoms with Crippen molar-refractivity contribution in [3.05, 3.63) is 71.9 Å². The summed E-state index contributed by atoms with van der Waals surface area (Å²) in [6.45, 7) is 2.23. The quantitative estimate of drug-likeness (QED) is 0.644. The van der Waals surface area contributed by atoms with Gasteiger partial charge < -0.3 is 4.90 Å². The fraction of sp³-hybridized carbons (Fsp3) is 0.227. The molecule has 2 heterocycles. The number of aromatic nitrogens is 1. The molecule has 0 radical (unpaired) electrons. The molecule has 4 rings (SSSR count). The molecule has 2 nitrogen and oxygen atoms in total. The SMILES string of the molecule is C(=Cc1cccc2ccccc12)c1cccnc1N1CCCCC1. The molecule has 1 aliphatic rings. The van der Waals surface area contributed by atoms with Gasteiger partial charge in [-0.05, 0) is 47.7 Å². The van der Waals surface area contributed by atoms with Crippen molar-refractivity contribution in [2.45, 2.75) is 19.3 Å².